The van der Waals surface area contributed by atoms with E-state index in [-0.39, 0.29) is 18.6 Å². The van der Waals surface area contributed by atoms with Crippen LogP contribution in [0.3, 0.4) is 0 Å². The fourth-order valence-electron chi connectivity index (χ4n) is 4.01. The van der Waals surface area contributed by atoms with Crippen LogP contribution in [-0.2, 0) is 6.54 Å². The van der Waals surface area contributed by atoms with Gasteiger partial charge in [0, 0.05) is 24.7 Å². The molecule has 166 valence electrons. The fraction of sp³-hybridized carbons (Fsp3) is 0.250. The molecule has 1 aliphatic carbocycles. The number of benzene rings is 1. The van der Waals surface area contributed by atoms with Gasteiger partial charge in [-0.15, -0.1) is 0 Å². The van der Waals surface area contributed by atoms with Crippen LogP contribution in [0.15, 0.2) is 59.5 Å². The second-order valence-electron chi connectivity index (χ2n) is 8.18. The van der Waals surface area contributed by atoms with Gasteiger partial charge in [-0.25, -0.2) is 14.6 Å². The van der Waals surface area contributed by atoms with Crippen molar-refractivity contribution in [1.29, 1.82) is 0 Å². The number of hydrogen-bond acceptors (Lipinski definition) is 7. The summed E-state index contributed by atoms with van der Waals surface area (Å²) in [6.07, 6.45) is 6.94. The van der Waals surface area contributed by atoms with Gasteiger partial charge in [-0.1, -0.05) is 0 Å². The van der Waals surface area contributed by atoms with Gasteiger partial charge in [0.05, 0.1) is 36.0 Å². The normalized spacial score (nSPS) is 14.5. The average Bonchev–Trinajstić information content (AvgIpc) is 3.22. The highest BCUT2D eigenvalue weighted by molar-refractivity contribution is 5.95. The average molecular weight is 443 g/mol. The molecule has 1 aliphatic heterocycles. The lowest BCUT2D eigenvalue weighted by molar-refractivity contribution is 0.0774. The first-order valence-electron chi connectivity index (χ1n) is 10.8. The zero-order chi connectivity index (χ0) is 22.4. The Morgan fingerprint density at radius 2 is 2.06 bits per heavy atom. The Kier molecular flexibility index (Phi) is 4.60. The number of amides is 1. The van der Waals surface area contributed by atoms with E-state index in [1.807, 2.05) is 36.4 Å². The van der Waals surface area contributed by atoms with E-state index >= 15 is 0 Å². The smallest absolute Gasteiger partial charge is 0.257 e. The summed E-state index contributed by atoms with van der Waals surface area (Å²) in [5.74, 6) is 2.73. The van der Waals surface area contributed by atoms with Crippen LogP contribution in [0.1, 0.15) is 40.6 Å². The van der Waals surface area contributed by atoms with Gasteiger partial charge in [-0.2, -0.15) is 5.10 Å². The molecule has 0 N–H and O–H groups in total. The van der Waals surface area contributed by atoms with E-state index in [1.54, 1.807) is 35.3 Å². The van der Waals surface area contributed by atoms with E-state index in [4.69, 9.17) is 18.9 Å². The highest BCUT2D eigenvalue weighted by Gasteiger charge is 2.34. The lowest BCUT2D eigenvalue weighted by Crippen LogP contribution is -2.26. The molecule has 2 aliphatic rings. The molecule has 0 atom stereocenters. The quantitative estimate of drug-likeness (QED) is 0.447. The maximum absolute atomic E-state index is 13.2. The van der Waals surface area contributed by atoms with Crippen LogP contribution in [-0.4, -0.2) is 44.4 Å². The minimum absolute atomic E-state index is 0.105. The van der Waals surface area contributed by atoms with Crippen molar-refractivity contribution in [3.05, 3.63) is 72.1 Å². The van der Waals surface area contributed by atoms with E-state index in [1.165, 1.54) is 0 Å². The summed E-state index contributed by atoms with van der Waals surface area (Å²) in [7, 11) is 1.76. The second kappa shape index (κ2) is 7.77. The summed E-state index contributed by atoms with van der Waals surface area (Å²) < 4.78 is 18.0. The van der Waals surface area contributed by atoms with E-state index in [9.17, 15) is 4.79 Å². The van der Waals surface area contributed by atoms with Crippen LogP contribution in [0.4, 0.5) is 0 Å². The van der Waals surface area contributed by atoms with Gasteiger partial charge < -0.3 is 18.8 Å². The standard InChI is InChI=1S/C24H21N5O4/c1-28(13-17-3-2-10-31-17)23(30)18-12-26-29(22(18)15-4-5-15)24-25-9-8-19(27-24)16-6-7-20-21(11-16)33-14-32-20/h2-3,6-12,15H,4-5,13-14H2,1H3. The van der Waals surface area contributed by atoms with Gasteiger partial charge in [0.2, 0.25) is 6.79 Å². The molecule has 9 heteroatoms. The molecule has 1 amide bonds. The van der Waals surface area contributed by atoms with Crippen LogP contribution in [0, 0.1) is 0 Å². The molecule has 33 heavy (non-hydrogen) atoms. The predicted octanol–water partition coefficient (Wildman–Crippen LogP) is 3.80. The third-order valence-corrected chi connectivity index (χ3v) is 5.82. The Bertz CT molecular complexity index is 1330. The topological polar surface area (TPSA) is 95.5 Å². The Morgan fingerprint density at radius 1 is 1.18 bits per heavy atom. The maximum Gasteiger partial charge on any atom is 0.257 e. The Hall–Kier alpha value is -4.14. The lowest BCUT2D eigenvalue weighted by atomic mass is 10.1. The molecular formula is C24H21N5O4. The van der Waals surface area contributed by atoms with E-state index < -0.39 is 0 Å². The van der Waals surface area contributed by atoms with Gasteiger partial charge in [0.15, 0.2) is 11.5 Å². The molecule has 9 nitrogen and oxygen atoms in total. The minimum Gasteiger partial charge on any atom is -0.467 e. The molecule has 0 spiro atoms. The SMILES string of the molecule is CN(Cc1ccco1)C(=O)c1cnn(-c2nccc(-c3ccc4c(c3)OCO4)n2)c1C1CC1. The fourth-order valence-corrected chi connectivity index (χ4v) is 4.01. The van der Waals surface area contributed by atoms with Gasteiger partial charge in [-0.05, 0) is 49.2 Å². The number of carbonyl (C=O) groups is 1. The number of fused-ring (bicyclic) bond motifs is 1. The molecule has 6 rings (SSSR count). The number of aromatic nitrogens is 4. The van der Waals surface area contributed by atoms with Crippen LogP contribution in [0.25, 0.3) is 17.2 Å². The summed E-state index contributed by atoms with van der Waals surface area (Å²) in [5.41, 5.74) is 3.05. The molecule has 1 saturated carbocycles. The maximum atomic E-state index is 13.2. The molecule has 0 saturated heterocycles. The lowest BCUT2D eigenvalue weighted by Gasteiger charge is -2.16. The second-order valence-corrected chi connectivity index (χ2v) is 8.18. The summed E-state index contributed by atoms with van der Waals surface area (Å²) in [6, 6.07) is 11.2. The molecular weight excluding hydrogens is 422 g/mol. The largest absolute Gasteiger partial charge is 0.467 e. The van der Waals surface area contributed by atoms with E-state index in [0.29, 0.717) is 23.8 Å². The number of rotatable bonds is 6. The van der Waals surface area contributed by atoms with Crippen molar-refractivity contribution in [2.45, 2.75) is 25.3 Å². The monoisotopic (exact) mass is 443 g/mol. The zero-order valence-electron chi connectivity index (χ0n) is 18.0. The van der Waals surface area contributed by atoms with Crippen LogP contribution in [0.5, 0.6) is 11.5 Å². The van der Waals surface area contributed by atoms with Crippen molar-refractivity contribution in [2.75, 3.05) is 13.8 Å². The van der Waals surface area contributed by atoms with Crippen LogP contribution >= 0.6 is 0 Å². The summed E-state index contributed by atoms with van der Waals surface area (Å²) >= 11 is 0. The van der Waals surface area contributed by atoms with Crippen molar-refractivity contribution in [1.82, 2.24) is 24.6 Å². The Labute approximate surface area is 189 Å². The minimum atomic E-state index is -0.105. The van der Waals surface area contributed by atoms with Crippen molar-refractivity contribution in [3.8, 4) is 28.7 Å². The molecule has 3 aromatic heterocycles. The number of nitrogens with zero attached hydrogens (tertiary/aromatic N) is 5. The first-order chi connectivity index (χ1) is 16.2. The Balaban J connectivity index is 1.33. The summed E-state index contributed by atoms with van der Waals surface area (Å²) in [4.78, 5) is 24.1. The molecule has 0 radical (unpaired) electrons. The molecule has 1 aromatic carbocycles. The third kappa shape index (κ3) is 3.61. The highest BCUT2D eigenvalue weighted by atomic mass is 16.7. The van der Waals surface area contributed by atoms with Crippen molar-refractivity contribution in [3.63, 3.8) is 0 Å². The number of ether oxygens (including phenoxy) is 2. The van der Waals surface area contributed by atoms with Crippen molar-refractivity contribution < 1.29 is 18.7 Å². The molecule has 0 bridgehead atoms. The van der Waals surface area contributed by atoms with Gasteiger partial charge >= 0.3 is 0 Å². The number of furan rings is 1. The summed E-state index contributed by atoms with van der Waals surface area (Å²) in [5, 5.41) is 4.52. The molecule has 0 unspecified atom stereocenters. The third-order valence-electron chi connectivity index (χ3n) is 5.82. The van der Waals surface area contributed by atoms with Gasteiger partial charge in [-0.3, -0.25) is 4.79 Å². The predicted molar refractivity (Wildman–Crippen MR) is 117 cm³/mol. The molecule has 1 fully saturated rings. The first-order valence-corrected chi connectivity index (χ1v) is 10.8. The number of carbonyl (C=O) groups excluding carboxylic acids is 1. The zero-order valence-corrected chi connectivity index (χ0v) is 18.0. The van der Waals surface area contributed by atoms with E-state index in [2.05, 4.69) is 10.1 Å². The van der Waals surface area contributed by atoms with E-state index in [0.717, 1.165) is 41.3 Å². The van der Waals surface area contributed by atoms with Gasteiger partial charge in [0.25, 0.3) is 11.9 Å². The van der Waals surface area contributed by atoms with Gasteiger partial charge in [0.1, 0.15) is 5.76 Å². The van der Waals surface area contributed by atoms with Crippen molar-refractivity contribution in [2.24, 2.45) is 0 Å². The first kappa shape index (κ1) is 19.5. The van der Waals surface area contributed by atoms with Crippen molar-refractivity contribution >= 4 is 5.91 Å². The summed E-state index contributed by atoms with van der Waals surface area (Å²) in [6.45, 7) is 0.605. The highest BCUT2D eigenvalue weighted by Crippen LogP contribution is 2.42. The van der Waals surface area contributed by atoms with Crippen LogP contribution in [0.2, 0.25) is 0 Å². The van der Waals surface area contributed by atoms with Crippen LogP contribution < -0.4 is 9.47 Å². The Morgan fingerprint density at radius 3 is 2.88 bits per heavy atom. The molecule has 4 aromatic rings. The number of hydrogen-bond donors (Lipinski definition) is 0. The molecule has 4 heterocycles.